The molecule has 2 atom stereocenters. The van der Waals surface area contributed by atoms with Crippen molar-refractivity contribution in [3.05, 3.63) is 48.1 Å². The zero-order chi connectivity index (χ0) is 17.1. The van der Waals surface area contributed by atoms with E-state index in [2.05, 4.69) is 20.5 Å². The molecule has 1 saturated carbocycles. The summed E-state index contributed by atoms with van der Waals surface area (Å²) in [5, 5.41) is 13.9. The Morgan fingerprint density at radius 1 is 1.20 bits per heavy atom. The van der Waals surface area contributed by atoms with E-state index in [1.807, 2.05) is 42.7 Å². The van der Waals surface area contributed by atoms with Crippen molar-refractivity contribution in [1.82, 2.24) is 9.97 Å². The standard InChI is InChI=1S/C19H20N4O2/c24-17-7-2-8-18(17)25-12-19-20-10-13(11-21-19)14-4-1-6-16-15(14)5-3-9-22-23-16/h1,3-6,9-11,17-18,23-24H,2,7-8,12H2/t17-,18-/m0/s1. The highest BCUT2D eigenvalue weighted by molar-refractivity contribution is 5.89. The molecular weight excluding hydrogens is 316 g/mol. The number of allylic oxidation sites excluding steroid dienone is 1. The van der Waals surface area contributed by atoms with Gasteiger partial charge in [0.15, 0.2) is 5.82 Å². The lowest BCUT2D eigenvalue weighted by Gasteiger charge is -2.15. The quantitative estimate of drug-likeness (QED) is 0.897. The van der Waals surface area contributed by atoms with Gasteiger partial charge in [0.1, 0.15) is 6.61 Å². The predicted molar refractivity (Wildman–Crippen MR) is 97.1 cm³/mol. The Balaban J connectivity index is 1.51. The smallest absolute Gasteiger partial charge is 0.153 e. The first-order valence-corrected chi connectivity index (χ1v) is 8.51. The zero-order valence-electron chi connectivity index (χ0n) is 13.8. The lowest BCUT2D eigenvalue weighted by Crippen LogP contribution is -2.22. The molecule has 4 rings (SSSR count). The molecule has 6 heteroatoms. The Morgan fingerprint density at radius 3 is 2.88 bits per heavy atom. The molecule has 128 valence electrons. The average Bonchev–Trinajstić information content (AvgIpc) is 2.91. The van der Waals surface area contributed by atoms with Crippen LogP contribution in [0.25, 0.3) is 17.2 Å². The molecule has 2 aromatic rings. The van der Waals surface area contributed by atoms with Gasteiger partial charge in [0.25, 0.3) is 0 Å². The van der Waals surface area contributed by atoms with Crippen LogP contribution in [0.1, 0.15) is 30.7 Å². The minimum absolute atomic E-state index is 0.0932. The van der Waals surface area contributed by atoms with Crippen LogP contribution in [0.2, 0.25) is 0 Å². The number of nitrogens with zero attached hydrogens (tertiary/aromatic N) is 3. The van der Waals surface area contributed by atoms with Crippen LogP contribution in [-0.4, -0.2) is 33.5 Å². The van der Waals surface area contributed by atoms with Crippen LogP contribution in [0.4, 0.5) is 5.69 Å². The van der Waals surface area contributed by atoms with Gasteiger partial charge in [0.2, 0.25) is 0 Å². The van der Waals surface area contributed by atoms with E-state index in [-0.39, 0.29) is 12.2 Å². The van der Waals surface area contributed by atoms with Gasteiger partial charge in [-0.25, -0.2) is 9.97 Å². The molecule has 2 aliphatic rings. The van der Waals surface area contributed by atoms with Crippen LogP contribution in [0, 0.1) is 0 Å². The largest absolute Gasteiger partial charge is 0.390 e. The van der Waals surface area contributed by atoms with E-state index in [4.69, 9.17) is 4.74 Å². The van der Waals surface area contributed by atoms with Gasteiger partial charge in [-0.3, -0.25) is 5.43 Å². The number of ether oxygens (including phenoxy) is 1. The van der Waals surface area contributed by atoms with E-state index in [1.54, 1.807) is 6.21 Å². The molecule has 25 heavy (non-hydrogen) atoms. The molecule has 1 aromatic carbocycles. The van der Waals surface area contributed by atoms with Gasteiger partial charge >= 0.3 is 0 Å². The minimum Gasteiger partial charge on any atom is -0.390 e. The maximum atomic E-state index is 9.81. The van der Waals surface area contributed by atoms with Gasteiger partial charge in [-0.05, 0) is 37.0 Å². The number of hydrazone groups is 1. The second-order valence-corrected chi connectivity index (χ2v) is 6.25. The highest BCUT2D eigenvalue weighted by Crippen LogP contribution is 2.30. The van der Waals surface area contributed by atoms with Gasteiger partial charge in [-0.2, -0.15) is 5.10 Å². The Morgan fingerprint density at radius 2 is 2.08 bits per heavy atom. The molecule has 0 radical (unpaired) electrons. The summed E-state index contributed by atoms with van der Waals surface area (Å²) in [5.74, 6) is 0.627. The van der Waals surface area contributed by atoms with Crippen molar-refractivity contribution >= 4 is 18.0 Å². The molecule has 0 unspecified atom stereocenters. The summed E-state index contributed by atoms with van der Waals surface area (Å²) in [4.78, 5) is 8.84. The average molecular weight is 336 g/mol. The number of nitrogens with one attached hydrogen (secondary N) is 1. The topological polar surface area (TPSA) is 79.6 Å². The monoisotopic (exact) mass is 336 g/mol. The normalized spacial score (nSPS) is 21.6. The van der Waals surface area contributed by atoms with Gasteiger partial charge in [-0.15, -0.1) is 0 Å². The Kier molecular flexibility index (Phi) is 4.54. The highest BCUT2D eigenvalue weighted by atomic mass is 16.5. The molecule has 6 nitrogen and oxygen atoms in total. The third-order valence-electron chi connectivity index (χ3n) is 4.58. The summed E-state index contributed by atoms with van der Waals surface area (Å²) >= 11 is 0. The van der Waals surface area contributed by atoms with Crippen molar-refractivity contribution in [1.29, 1.82) is 0 Å². The lowest BCUT2D eigenvalue weighted by atomic mass is 10.00. The molecule has 0 amide bonds. The van der Waals surface area contributed by atoms with Crippen molar-refractivity contribution < 1.29 is 9.84 Å². The Hall–Kier alpha value is -2.57. The molecule has 1 aliphatic heterocycles. The molecule has 1 aliphatic carbocycles. The molecule has 1 aromatic heterocycles. The van der Waals surface area contributed by atoms with E-state index in [9.17, 15) is 5.11 Å². The van der Waals surface area contributed by atoms with Crippen molar-refractivity contribution in [3.63, 3.8) is 0 Å². The SMILES string of the molecule is O[C@H]1CCC[C@@H]1OCc1ncc(-c2cccc3c2C=CC=NN3)cn1. The highest BCUT2D eigenvalue weighted by Gasteiger charge is 2.26. The maximum Gasteiger partial charge on any atom is 0.153 e. The second-order valence-electron chi connectivity index (χ2n) is 6.25. The number of anilines is 1. The predicted octanol–water partition coefficient (Wildman–Crippen LogP) is 3.00. The Labute approximate surface area is 146 Å². The second kappa shape index (κ2) is 7.13. The number of aliphatic hydroxyl groups is 1. The molecule has 0 bridgehead atoms. The number of benzene rings is 1. The van der Waals surface area contributed by atoms with Crippen LogP contribution in [0.5, 0.6) is 0 Å². The first-order valence-electron chi connectivity index (χ1n) is 8.51. The number of fused-ring (bicyclic) bond motifs is 1. The van der Waals surface area contributed by atoms with E-state index in [0.29, 0.717) is 12.4 Å². The Bertz CT molecular complexity index is 802. The maximum absolute atomic E-state index is 9.81. The van der Waals surface area contributed by atoms with E-state index < -0.39 is 0 Å². The van der Waals surface area contributed by atoms with Crippen LogP contribution in [0.3, 0.4) is 0 Å². The molecule has 1 fully saturated rings. The third-order valence-corrected chi connectivity index (χ3v) is 4.58. The van der Waals surface area contributed by atoms with Crippen molar-refractivity contribution in [2.24, 2.45) is 5.10 Å². The zero-order valence-corrected chi connectivity index (χ0v) is 13.8. The molecule has 2 heterocycles. The van der Waals surface area contributed by atoms with E-state index in [1.165, 1.54) is 0 Å². The summed E-state index contributed by atoms with van der Waals surface area (Å²) in [6.45, 7) is 0.324. The minimum atomic E-state index is -0.361. The van der Waals surface area contributed by atoms with Crippen molar-refractivity contribution in [2.45, 2.75) is 38.1 Å². The summed E-state index contributed by atoms with van der Waals surface area (Å²) in [5.41, 5.74) is 7.02. The summed E-state index contributed by atoms with van der Waals surface area (Å²) in [6, 6.07) is 6.01. The first-order chi connectivity index (χ1) is 12.3. The van der Waals surface area contributed by atoms with Crippen LogP contribution < -0.4 is 5.43 Å². The summed E-state index contributed by atoms with van der Waals surface area (Å²) in [7, 11) is 0. The fourth-order valence-electron chi connectivity index (χ4n) is 3.23. The van der Waals surface area contributed by atoms with Crippen LogP contribution in [0.15, 0.2) is 41.8 Å². The third kappa shape index (κ3) is 3.45. The lowest BCUT2D eigenvalue weighted by molar-refractivity contribution is -0.0295. The van der Waals surface area contributed by atoms with E-state index in [0.717, 1.165) is 41.6 Å². The van der Waals surface area contributed by atoms with Gasteiger partial charge < -0.3 is 9.84 Å². The summed E-state index contributed by atoms with van der Waals surface area (Å²) in [6.07, 6.45) is 11.5. The first kappa shape index (κ1) is 15.9. The number of aliphatic hydroxyl groups excluding tert-OH is 1. The van der Waals surface area contributed by atoms with Gasteiger partial charge in [-0.1, -0.05) is 18.2 Å². The van der Waals surface area contributed by atoms with Crippen LogP contribution >= 0.6 is 0 Å². The van der Waals surface area contributed by atoms with E-state index >= 15 is 0 Å². The number of hydrogen-bond acceptors (Lipinski definition) is 6. The number of hydrogen-bond donors (Lipinski definition) is 2. The number of rotatable bonds is 4. The fraction of sp³-hybridized carbons (Fsp3) is 0.316. The van der Waals surface area contributed by atoms with Crippen LogP contribution in [-0.2, 0) is 11.3 Å². The molecule has 0 spiro atoms. The molecule has 2 N–H and O–H groups in total. The van der Waals surface area contributed by atoms with Gasteiger partial charge in [0.05, 0.1) is 17.9 Å². The van der Waals surface area contributed by atoms with Crippen molar-refractivity contribution in [3.8, 4) is 11.1 Å². The summed E-state index contributed by atoms with van der Waals surface area (Å²) < 4.78 is 5.74. The molecule has 0 saturated heterocycles. The number of aromatic nitrogens is 2. The fourth-order valence-corrected chi connectivity index (χ4v) is 3.23. The molecular formula is C19H20N4O2. The van der Waals surface area contributed by atoms with Crippen molar-refractivity contribution in [2.75, 3.05) is 5.43 Å². The van der Waals surface area contributed by atoms with Gasteiger partial charge in [0, 0.05) is 29.7 Å².